The summed E-state index contributed by atoms with van der Waals surface area (Å²) >= 11 is 6.16. The second-order valence-corrected chi connectivity index (χ2v) is 6.28. The Morgan fingerprint density at radius 1 is 1.45 bits per heavy atom. The van der Waals surface area contributed by atoms with E-state index in [0.717, 1.165) is 18.6 Å². The monoisotopic (exact) mass is 290 g/mol. The summed E-state index contributed by atoms with van der Waals surface area (Å²) in [5.74, 6) is 1.31. The van der Waals surface area contributed by atoms with Crippen LogP contribution < -0.4 is 5.32 Å². The number of fused-ring (bicyclic) bond motifs is 2. The molecule has 4 nitrogen and oxygen atoms in total. The van der Waals surface area contributed by atoms with Crippen molar-refractivity contribution in [1.82, 2.24) is 9.88 Å². The van der Waals surface area contributed by atoms with Crippen molar-refractivity contribution in [2.75, 3.05) is 18.9 Å². The van der Waals surface area contributed by atoms with E-state index in [1.165, 1.54) is 25.7 Å². The van der Waals surface area contributed by atoms with Gasteiger partial charge in [0.15, 0.2) is 0 Å². The van der Waals surface area contributed by atoms with Crippen LogP contribution in [0.4, 0.5) is 5.82 Å². The van der Waals surface area contributed by atoms with Gasteiger partial charge < -0.3 is 10.2 Å². The Labute approximate surface area is 124 Å². The molecule has 2 aliphatic heterocycles. The van der Waals surface area contributed by atoms with Gasteiger partial charge in [-0.25, -0.2) is 4.98 Å². The molecule has 5 heteroatoms. The maximum Gasteiger partial charge on any atom is 0.146 e. The van der Waals surface area contributed by atoms with Crippen LogP contribution in [0, 0.1) is 17.2 Å². The summed E-state index contributed by atoms with van der Waals surface area (Å²) in [4.78, 5) is 6.78. The van der Waals surface area contributed by atoms with Crippen molar-refractivity contribution in [2.24, 2.45) is 5.92 Å². The molecule has 0 aliphatic carbocycles. The van der Waals surface area contributed by atoms with Crippen LogP contribution >= 0.6 is 11.6 Å². The lowest BCUT2D eigenvalue weighted by molar-refractivity contribution is 0.139. The molecule has 106 valence electrons. The Morgan fingerprint density at radius 3 is 2.80 bits per heavy atom. The number of anilines is 1. The zero-order valence-electron chi connectivity index (χ0n) is 11.6. The average Bonchev–Trinajstić information content (AvgIpc) is 2.67. The number of nitrogens with zero attached hydrogens (tertiary/aromatic N) is 3. The number of hydrogen-bond acceptors (Lipinski definition) is 4. The van der Waals surface area contributed by atoms with Gasteiger partial charge >= 0.3 is 0 Å². The highest BCUT2D eigenvalue weighted by Gasteiger charge is 2.38. The highest BCUT2D eigenvalue weighted by Crippen LogP contribution is 2.37. The summed E-state index contributed by atoms with van der Waals surface area (Å²) in [6.45, 7) is 0.891. The Balaban J connectivity index is 1.62. The van der Waals surface area contributed by atoms with E-state index >= 15 is 0 Å². The van der Waals surface area contributed by atoms with Gasteiger partial charge in [0.25, 0.3) is 0 Å². The molecule has 20 heavy (non-hydrogen) atoms. The van der Waals surface area contributed by atoms with Crippen LogP contribution in [0.25, 0.3) is 0 Å². The van der Waals surface area contributed by atoms with Crippen molar-refractivity contribution in [1.29, 1.82) is 5.26 Å². The molecule has 1 N–H and O–H groups in total. The molecule has 2 fully saturated rings. The molecule has 1 aromatic heterocycles. The molecule has 2 aliphatic rings. The van der Waals surface area contributed by atoms with Crippen LogP contribution in [0.2, 0.25) is 5.02 Å². The predicted octanol–water partition coefficient (Wildman–Crippen LogP) is 2.89. The molecule has 2 bridgehead atoms. The van der Waals surface area contributed by atoms with E-state index in [0.29, 0.717) is 22.3 Å². The van der Waals surface area contributed by atoms with Crippen molar-refractivity contribution in [3.63, 3.8) is 0 Å². The number of hydrogen-bond donors (Lipinski definition) is 1. The van der Waals surface area contributed by atoms with Gasteiger partial charge in [-0.05, 0) is 44.7 Å². The van der Waals surface area contributed by atoms with Crippen LogP contribution in [0.1, 0.15) is 31.2 Å². The number of aromatic nitrogens is 1. The van der Waals surface area contributed by atoms with Gasteiger partial charge in [-0.1, -0.05) is 11.6 Å². The van der Waals surface area contributed by atoms with E-state index in [9.17, 15) is 0 Å². The molecule has 2 saturated heterocycles. The van der Waals surface area contributed by atoms with E-state index in [1.54, 1.807) is 12.3 Å². The van der Waals surface area contributed by atoms with Gasteiger partial charge in [0.1, 0.15) is 16.9 Å². The van der Waals surface area contributed by atoms with Crippen molar-refractivity contribution >= 4 is 17.4 Å². The highest BCUT2D eigenvalue weighted by atomic mass is 35.5. The van der Waals surface area contributed by atoms with Crippen LogP contribution in [-0.2, 0) is 0 Å². The molecule has 2 unspecified atom stereocenters. The first kappa shape index (κ1) is 13.7. The molecular weight excluding hydrogens is 272 g/mol. The van der Waals surface area contributed by atoms with Crippen molar-refractivity contribution < 1.29 is 0 Å². The highest BCUT2D eigenvalue weighted by molar-refractivity contribution is 6.34. The Kier molecular flexibility index (Phi) is 3.82. The summed E-state index contributed by atoms with van der Waals surface area (Å²) in [5, 5.41) is 12.7. The van der Waals surface area contributed by atoms with Gasteiger partial charge in [-0.15, -0.1) is 0 Å². The topological polar surface area (TPSA) is 52.0 Å². The van der Waals surface area contributed by atoms with Crippen LogP contribution in [0.15, 0.2) is 12.3 Å². The molecule has 0 radical (unpaired) electrons. The summed E-state index contributed by atoms with van der Waals surface area (Å²) < 4.78 is 0. The number of halogens is 1. The fourth-order valence-electron chi connectivity index (χ4n) is 3.59. The second kappa shape index (κ2) is 5.59. The molecule has 0 amide bonds. The van der Waals surface area contributed by atoms with Crippen molar-refractivity contribution in [3.05, 3.63) is 22.8 Å². The normalized spacial score (nSPS) is 29.1. The van der Waals surface area contributed by atoms with E-state index in [4.69, 9.17) is 16.9 Å². The fourth-order valence-corrected chi connectivity index (χ4v) is 3.81. The van der Waals surface area contributed by atoms with Gasteiger partial charge in [0.2, 0.25) is 0 Å². The van der Waals surface area contributed by atoms with Gasteiger partial charge in [-0.2, -0.15) is 5.26 Å². The molecular formula is C15H19ClN4. The summed E-state index contributed by atoms with van der Waals surface area (Å²) in [6, 6.07) is 5.22. The molecule has 0 spiro atoms. The minimum atomic E-state index is 0.436. The lowest BCUT2D eigenvalue weighted by atomic mass is 9.91. The standard InChI is InChI=1S/C15H19ClN4/c1-20-12-2-3-13(20)7-10(6-12)9-19-15-14(16)11(8-17)4-5-18-15/h4-5,10,12-13H,2-3,6-7,9H2,1H3,(H,18,19). The molecule has 0 aromatic carbocycles. The van der Waals surface area contributed by atoms with Crippen LogP contribution in [0.3, 0.4) is 0 Å². The second-order valence-electron chi connectivity index (χ2n) is 5.90. The van der Waals surface area contributed by atoms with Crippen molar-refractivity contribution in [3.8, 4) is 6.07 Å². The Morgan fingerprint density at radius 2 is 2.15 bits per heavy atom. The predicted molar refractivity (Wildman–Crippen MR) is 79.7 cm³/mol. The van der Waals surface area contributed by atoms with Gasteiger partial charge in [0, 0.05) is 24.8 Å². The molecule has 0 saturated carbocycles. The van der Waals surface area contributed by atoms with Gasteiger partial charge in [-0.3, -0.25) is 0 Å². The first-order chi connectivity index (χ1) is 9.69. The minimum Gasteiger partial charge on any atom is -0.369 e. The third-order valence-corrected chi connectivity index (χ3v) is 5.15. The molecule has 1 aromatic rings. The summed E-state index contributed by atoms with van der Waals surface area (Å²) in [5.41, 5.74) is 0.479. The first-order valence-electron chi connectivity index (χ1n) is 7.19. The smallest absolute Gasteiger partial charge is 0.146 e. The maximum atomic E-state index is 8.97. The van der Waals surface area contributed by atoms with Crippen LogP contribution in [0.5, 0.6) is 0 Å². The molecule has 3 rings (SSSR count). The number of pyridine rings is 1. The lowest BCUT2D eigenvalue weighted by Gasteiger charge is -2.36. The van der Waals surface area contributed by atoms with Gasteiger partial charge in [0.05, 0.1) is 5.56 Å². The number of piperidine rings is 1. The van der Waals surface area contributed by atoms with E-state index in [1.807, 2.05) is 0 Å². The summed E-state index contributed by atoms with van der Waals surface area (Å²) in [6.07, 6.45) is 6.79. The van der Waals surface area contributed by atoms with E-state index in [-0.39, 0.29) is 0 Å². The lowest BCUT2D eigenvalue weighted by Crippen LogP contribution is -2.41. The summed E-state index contributed by atoms with van der Waals surface area (Å²) in [7, 11) is 2.25. The van der Waals surface area contributed by atoms with E-state index in [2.05, 4.69) is 28.3 Å². The zero-order valence-corrected chi connectivity index (χ0v) is 12.4. The quantitative estimate of drug-likeness (QED) is 0.930. The molecule has 2 atom stereocenters. The first-order valence-corrected chi connectivity index (χ1v) is 7.57. The fraction of sp³-hybridized carbons (Fsp3) is 0.600. The van der Waals surface area contributed by atoms with Crippen molar-refractivity contribution in [2.45, 2.75) is 37.8 Å². The maximum absolute atomic E-state index is 8.97. The van der Waals surface area contributed by atoms with Crippen LogP contribution in [-0.4, -0.2) is 35.6 Å². The third-order valence-electron chi connectivity index (χ3n) is 4.76. The Bertz CT molecular complexity index is 525. The van der Waals surface area contributed by atoms with E-state index < -0.39 is 0 Å². The largest absolute Gasteiger partial charge is 0.369 e. The third kappa shape index (κ3) is 2.48. The minimum absolute atomic E-state index is 0.436. The number of nitrogens with one attached hydrogen (secondary N) is 1. The Hall–Kier alpha value is -1.31. The average molecular weight is 291 g/mol. The number of nitriles is 1. The number of rotatable bonds is 3. The molecule has 3 heterocycles. The SMILES string of the molecule is CN1C2CCC1CC(CNc1nccc(C#N)c1Cl)C2. The zero-order chi connectivity index (χ0) is 14.1.